The van der Waals surface area contributed by atoms with Crippen LogP contribution in [0.2, 0.25) is 10.0 Å². The summed E-state index contributed by atoms with van der Waals surface area (Å²) in [7, 11) is -3.78. The summed E-state index contributed by atoms with van der Waals surface area (Å²) >= 11 is 11.6. The molecule has 0 amide bonds. The molecular weight excluding hydrogens is 338 g/mol. The second-order valence-electron chi connectivity index (χ2n) is 3.85. The van der Waals surface area contributed by atoms with Crippen molar-refractivity contribution in [3.8, 4) is 0 Å². The molecule has 0 unspecified atom stereocenters. The summed E-state index contributed by atoms with van der Waals surface area (Å²) in [6.07, 6.45) is 0. The molecule has 0 atom stereocenters. The predicted octanol–water partition coefficient (Wildman–Crippen LogP) is 2.15. The fraction of sp³-hybridized carbons (Fsp3) is 0.400. The summed E-state index contributed by atoms with van der Waals surface area (Å²) in [4.78, 5) is -0.228. The van der Waals surface area contributed by atoms with Gasteiger partial charge in [-0.2, -0.15) is 4.31 Å². The summed E-state index contributed by atoms with van der Waals surface area (Å²) in [6, 6.07) is 1.89. The number of nitrogens with zero attached hydrogens (tertiary/aromatic N) is 1. The third-order valence-corrected chi connectivity index (χ3v) is 5.46. The van der Waals surface area contributed by atoms with Crippen molar-refractivity contribution < 1.29 is 12.8 Å². The summed E-state index contributed by atoms with van der Waals surface area (Å²) < 4.78 is 39.0. The zero-order valence-electron chi connectivity index (χ0n) is 9.70. The number of sulfonamides is 1. The van der Waals surface area contributed by atoms with Gasteiger partial charge < -0.3 is 5.32 Å². The van der Waals surface area contributed by atoms with Crippen LogP contribution in [0.5, 0.6) is 0 Å². The molecule has 0 aromatic heterocycles. The number of halogens is 4. The molecule has 4 nitrogen and oxygen atoms in total. The Labute approximate surface area is 127 Å². The molecule has 1 N–H and O–H groups in total. The molecule has 0 saturated carbocycles. The van der Waals surface area contributed by atoms with Crippen molar-refractivity contribution in [2.24, 2.45) is 0 Å². The second-order valence-corrected chi connectivity index (χ2v) is 6.54. The van der Waals surface area contributed by atoms with Crippen LogP contribution >= 0.6 is 35.6 Å². The van der Waals surface area contributed by atoms with E-state index in [1.54, 1.807) is 0 Å². The van der Waals surface area contributed by atoms with Crippen LogP contribution in [0.4, 0.5) is 4.39 Å². The van der Waals surface area contributed by atoms with Crippen LogP contribution in [0.3, 0.4) is 0 Å². The van der Waals surface area contributed by atoms with Crippen molar-refractivity contribution in [1.82, 2.24) is 9.62 Å². The number of benzene rings is 1. The molecule has 9 heteroatoms. The van der Waals surface area contributed by atoms with Gasteiger partial charge in [0.05, 0.1) is 10.0 Å². The zero-order chi connectivity index (χ0) is 13.3. The first kappa shape index (κ1) is 16.9. The highest BCUT2D eigenvalue weighted by Gasteiger charge is 2.30. The van der Waals surface area contributed by atoms with Crippen molar-refractivity contribution in [3.63, 3.8) is 0 Å². The Morgan fingerprint density at radius 2 is 1.63 bits per heavy atom. The van der Waals surface area contributed by atoms with Crippen LogP contribution in [0.15, 0.2) is 17.0 Å². The lowest BCUT2D eigenvalue weighted by Gasteiger charge is -2.27. The van der Waals surface area contributed by atoms with Crippen LogP contribution in [-0.4, -0.2) is 38.9 Å². The van der Waals surface area contributed by atoms with Crippen LogP contribution in [-0.2, 0) is 10.0 Å². The first-order chi connectivity index (χ1) is 8.43. The molecule has 1 heterocycles. The van der Waals surface area contributed by atoms with Gasteiger partial charge in [0, 0.05) is 26.2 Å². The van der Waals surface area contributed by atoms with Gasteiger partial charge in [-0.3, -0.25) is 0 Å². The highest BCUT2D eigenvalue weighted by Crippen LogP contribution is 2.32. The Kier molecular flexibility index (Phi) is 5.85. The first-order valence-electron chi connectivity index (χ1n) is 5.28. The molecule has 0 bridgehead atoms. The Balaban J connectivity index is 0.00000180. The first-order valence-corrected chi connectivity index (χ1v) is 7.48. The van der Waals surface area contributed by atoms with Crippen LogP contribution in [0, 0.1) is 5.82 Å². The molecule has 0 radical (unpaired) electrons. The van der Waals surface area contributed by atoms with Gasteiger partial charge in [-0.15, -0.1) is 12.4 Å². The number of nitrogens with one attached hydrogen (secondary N) is 1. The maximum absolute atomic E-state index is 13.1. The molecule has 19 heavy (non-hydrogen) atoms. The quantitative estimate of drug-likeness (QED) is 0.890. The standard InChI is InChI=1S/C10H11Cl2FN2O2S.ClH/c11-8-5-7(13)6-9(12)10(8)18(16,17)15-3-1-14-2-4-15;/h5-6,14H,1-4H2;1H. The van der Waals surface area contributed by atoms with Gasteiger partial charge in [0.15, 0.2) is 0 Å². The fourth-order valence-corrected chi connectivity index (χ4v) is 4.37. The van der Waals surface area contributed by atoms with Gasteiger partial charge in [0.2, 0.25) is 10.0 Å². The lowest BCUT2D eigenvalue weighted by atomic mass is 10.3. The average Bonchev–Trinajstić information content (AvgIpc) is 2.28. The van der Waals surface area contributed by atoms with E-state index in [0.29, 0.717) is 26.2 Å². The van der Waals surface area contributed by atoms with E-state index in [0.717, 1.165) is 12.1 Å². The number of piperazine rings is 1. The number of hydrogen-bond donors (Lipinski definition) is 1. The minimum atomic E-state index is -3.78. The van der Waals surface area contributed by atoms with Crippen LogP contribution < -0.4 is 5.32 Å². The van der Waals surface area contributed by atoms with E-state index in [-0.39, 0.29) is 27.3 Å². The lowest BCUT2D eigenvalue weighted by Crippen LogP contribution is -2.46. The third kappa shape index (κ3) is 3.51. The minimum absolute atomic E-state index is 0. The smallest absolute Gasteiger partial charge is 0.246 e. The normalized spacial score (nSPS) is 17.0. The second kappa shape index (κ2) is 6.56. The van der Waals surface area contributed by atoms with Gasteiger partial charge in [-0.05, 0) is 12.1 Å². The van der Waals surface area contributed by atoms with Gasteiger partial charge in [0.25, 0.3) is 0 Å². The van der Waals surface area contributed by atoms with Crippen molar-refractivity contribution in [2.75, 3.05) is 26.2 Å². The predicted molar refractivity (Wildman–Crippen MR) is 75.3 cm³/mol. The van der Waals surface area contributed by atoms with Gasteiger partial charge in [-0.25, -0.2) is 12.8 Å². The molecule has 1 aromatic rings. The van der Waals surface area contributed by atoms with Crippen molar-refractivity contribution in [1.29, 1.82) is 0 Å². The van der Waals surface area contributed by atoms with Crippen LogP contribution in [0.1, 0.15) is 0 Å². The highest BCUT2D eigenvalue weighted by atomic mass is 35.5. The molecule has 1 aliphatic heterocycles. The molecule has 1 aromatic carbocycles. The van der Waals surface area contributed by atoms with Gasteiger partial charge in [0.1, 0.15) is 10.7 Å². The molecule has 0 aliphatic carbocycles. The average molecular weight is 350 g/mol. The van der Waals surface area contributed by atoms with E-state index in [2.05, 4.69) is 5.32 Å². The molecule has 1 saturated heterocycles. The topological polar surface area (TPSA) is 49.4 Å². The summed E-state index contributed by atoms with van der Waals surface area (Å²) in [5.74, 6) is -0.663. The van der Waals surface area contributed by atoms with Gasteiger partial charge >= 0.3 is 0 Å². The van der Waals surface area contributed by atoms with E-state index in [1.807, 2.05) is 0 Å². The van der Waals surface area contributed by atoms with E-state index in [1.165, 1.54) is 4.31 Å². The van der Waals surface area contributed by atoms with Gasteiger partial charge in [-0.1, -0.05) is 23.2 Å². The monoisotopic (exact) mass is 348 g/mol. The van der Waals surface area contributed by atoms with Crippen molar-refractivity contribution in [2.45, 2.75) is 4.90 Å². The van der Waals surface area contributed by atoms with E-state index in [4.69, 9.17) is 23.2 Å². The molecule has 1 aliphatic rings. The summed E-state index contributed by atoms with van der Waals surface area (Å²) in [5.41, 5.74) is 0. The SMILES string of the molecule is Cl.O=S(=O)(c1c(Cl)cc(F)cc1Cl)N1CCNCC1. The molecule has 0 spiro atoms. The summed E-state index contributed by atoms with van der Waals surface area (Å²) in [5, 5.41) is 2.65. The third-order valence-electron chi connectivity index (χ3n) is 2.64. The van der Waals surface area contributed by atoms with Crippen molar-refractivity contribution in [3.05, 3.63) is 28.0 Å². The molecule has 2 rings (SSSR count). The largest absolute Gasteiger partial charge is 0.314 e. The Morgan fingerprint density at radius 1 is 1.16 bits per heavy atom. The van der Waals surface area contributed by atoms with E-state index < -0.39 is 15.8 Å². The molecule has 1 fully saturated rings. The Bertz CT molecular complexity index is 539. The highest BCUT2D eigenvalue weighted by molar-refractivity contribution is 7.89. The fourth-order valence-electron chi connectivity index (χ4n) is 1.79. The number of hydrogen-bond acceptors (Lipinski definition) is 3. The minimum Gasteiger partial charge on any atom is -0.314 e. The van der Waals surface area contributed by atoms with Crippen LogP contribution in [0.25, 0.3) is 0 Å². The van der Waals surface area contributed by atoms with E-state index >= 15 is 0 Å². The lowest BCUT2D eigenvalue weighted by molar-refractivity contribution is 0.360. The Morgan fingerprint density at radius 3 is 2.11 bits per heavy atom. The maximum Gasteiger partial charge on any atom is 0.246 e. The maximum atomic E-state index is 13.1. The molecular formula is C10H12Cl3FN2O2S. The Hall–Kier alpha value is -0.110. The van der Waals surface area contributed by atoms with Crippen molar-refractivity contribution >= 4 is 45.6 Å². The zero-order valence-corrected chi connectivity index (χ0v) is 12.8. The number of rotatable bonds is 2. The van der Waals surface area contributed by atoms with E-state index in [9.17, 15) is 12.8 Å². The summed E-state index contributed by atoms with van der Waals surface area (Å²) in [6.45, 7) is 1.81. The molecule has 108 valence electrons.